The second-order valence-corrected chi connectivity index (χ2v) is 6.07. The molecule has 3 nitrogen and oxygen atoms in total. The lowest BCUT2D eigenvalue weighted by Gasteiger charge is -2.12. The van der Waals surface area contributed by atoms with Gasteiger partial charge < -0.3 is 4.90 Å². The van der Waals surface area contributed by atoms with E-state index in [1.165, 1.54) is 22.4 Å². The van der Waals surface area contributed by atoms with E-state index in [1.807, 2.05) is 27.7 Å². The van der Waals surface area contributed by atoms with Crippen molar-refractivity contribution in [2.45, 2.75) is 53.4 Å². The molecule has 2 aliphatic rings. The number of anilines is 1. The van der Waals surface area contributed by atoms with Crippen LogP contribution in [-0.2, 0) is 12.8 Å². The van der Waals surface area contributed by atoms with E-state index < -0.39 is 0 Å². The third kappa shape index (κ3) is 3.87. The van der Waals surface area contributed by atoms with Gasteiger partial charge in [-0.25, -0.2) is 0 Å². The van der Waals surface area contributed by atoms with Gasteiger partial charge in [0.1, 0.15) is 5.84 Å². The van der Waals surface area contributed by atoms with E-state index >= 15 is 0 Å². The molecular weight excluding hydrogens is 318 g/mol. The number of hydrogen-bond acceptors (Lipinski definition) is 2. The van der Waals surface area contributed by atoms with Crippen LogP contribution < -0.4 is 4.90 Å². The topological polar surface area (TPSA) is 28.0 Å². The number of amidine groups is 1. The number of fused-ring (bicyclic) bond motifs is 2. The van der Waals surface area contributed by atoms with Crippen LogP contribution in [0, 0.1) is 0 Å². The Morgan fingerprint density at radius 2 is 1.42 bits per heavy atom. The Morgan fingerprint density at radius 1 is 0.808 bits per heavy atom. The molecular formula is C23H31N3. The van der Waals surface area contributed by atoms with Gasteiger partial charge in [-0.05, 0) is 22.8 Å². The van der Waals surface area contributed by atoms with Crippen LogP contribution in [0.5, 0.6) is 0 Å². The summed E-state index contributed by atoms with van der Waals surface area (Å²) in [5.41, 5.74) is 6.51. The molecule has 1 atom stereocenters. The van der Waals surface area contributed by atoms with Crippen molar-refractivity contribution in [3.8, 4) is 0 Å². The summed E-state index contributed by atoms with van der Waals surface area (Å²) in [4.78, 5) is 2.14. The van der Waals surface area contributed by atoms with Crippen LogP contribution in [0.25, 0.3) is 0 Å². The monoisotopic (exact) mass is 349 g/mol. The lowest BCUT2D eigenvalue weighted by molar-refractivity contribution is 1.02. The number of likely N-dealkylation sites (N-methyl/N-ethyl adjacent to an activating group) is 1. The normalized spacial score (nSPS) is 20.1. The smallest absolute Gasteiger partial charge is 0.136 e. The summed E-state index contributed by atoms with van der Waals surface area (Å²) in [7, 11) is 2.07. The number of rotatable bonds is 1. The first-order valence-electron chi connectivity index (χ1n) is 9.77. The average molecular weight is 350 g/mol. The predicted octanol–water partition coefficient (Wildman–Crippen LogP) is 5.85. The van der Waals surface area contributed by atoms with E-state index in [4.69, 9.17) is 0 Å². The van der Waals surface area contributed by atoms with E-state index in [0.717, 1.165) is 24.4 Å². The standard InChI is InChI=1S/C19H19N3.2C2H6/c1-13-16-9-5-3-7-14(16)11-17(13)20-21-19-12-15-8-4-6-10-18(15)22(19)2;2*1-2/h3-10,13H,11-12H2,1-2H3;2*1-2H3/b20-17+,21-19-;;. The van der Waals surface area contributed by atoms with E-state index in [9.17, 15) is 0 Å². The molecule has 0 fully saturated rings. The first-order chi connectivity index (χ1) is 12.7. The minimum atomic E-state index is 0.370. The fourth-order valence-corrected chi connectivity index (χ4v) is 3.41. The zero-order chi connectivity index (χ0) is 19.1. The van der Waals surface area contributed by atoms with Gasteiger partial charge in [0.2, 0.25) is 0 Å². The van der Waals surface area contributed by atoms with Gasteiger partial charge in [-0.3, -0.25) is 0 Å². The number of benzene rings is 2. The lowest BCUT2D eigenvalue weighted by Crippen LogP contribution is -2.21. The molecule has 1 unspecified atom stereocenters. The molecule has 0 spiro atoms. The van der Waals surface area contributed by atoms with Crippen molar-refractivity contribution in [2.75, 3.05) is 11.9 Å². The fraction of sp³-hybridized carbons (Fsp3) is 0.391. The van der Waals surface area contributed by atoms with Gasteiger partial charge in [-0.2, -0.15) is 5.10 Å². The average Bonchev–Trinajstić information content (AvgIpc) is 3.21. The molecule has 0 bridgehead atoms. The summed E-state index contributed by atoms with van der Waals surface area (Å²) < 4.78 is 0. The number of nitrogens with zero attached hydrogens (tertiary/aromatic N) is 3. The van der Waals surface area contributed by atoms with Crippen molar-refractivity contribution >= 4 is 17.2 Å². The lowest BCUT2D eigenvalue weighted by atomic mass is 10.0. The molecule has 1 heterocycles. The van der Waals surface area contributed by atoms with Gasteiger partial charge in [0.05, 0.1) is 5.71 Å². The second kappa shape index (κ2) is 9.33. The van der Waals surface area contributed by atoms with Crippen LogP contribution in [0.4, 0.5) is 5.69 Å². The van der Waals surface area contributed by atoms with Gasteiger partial charge in [-0.15, -0.1) is 5.10 Å². The van der Waals surface area contributed by atoms with Crippen molar-refractivity contribution in [3.63, 3.8) is 0 Å². The summed E-state index contributed by atoms with van der Waals surface area (Å²) in [6.45, 7) is 10.2. The third-order valence-electron chi connectivity index (χ3n) is 4.78. The minimum absolute atomic E-state index is 0.370. The Labute approximate surface area is 158 Å². The van der Waals surface area contributed by atoms with Gasteiger partial charge in [0.15, 0.2) is 0 Å². The zero-order valence-electron chi connectivity index (χ0n) is 17.0. The Bertz CT molecular complexity index is 722. The van der Waals surface area contributed by atoms with Gasteiger partial charge in [-0.1, -0.05) is 77.1 Å². The van der Waals surface area contributed by atoms with Crippen LogP contribution in [0.3, 0.4) is 0 Å². The number of hydrogen-bond donors (Lipinski definition) is 0. The van der Waals surface area contributed by atoms with Crippen LogP contribution in [0.2, 0.25) is 0 Å². The highest BCUT2D eigenvalue weighted by atomic mass is 15.3. The SMILES string of the molecule is CC.CC.CC1/C(=N/N=C2/Cc3ccccc3N2C)Cc2ccccc21. The second-order valence-electron chi connectivity index (χ2n) is 6.07. The fourth-order valence-electron chi connectivity index (χ4n) is 3.41. The molecule has 0 N–H and O–H groups in total. The molecule has 26 heavy (non-hydrogen) atoms. The highest BCUT2D eigenvalue weighted by Gasteiger charge is 2.25. The molecule has 0 aromatic heterocycles. The van der Waals surface area contributed by atoms with Crippen molar-refractivity contribution in [1.82, 2.24) is 0 Å². The molecule has 0 saturated heterocycles. The molecule has 3 heteroatoms. The van der Waals surface area contributed by atoms with Crippen LogP contribution in [-0.4, -0.2) is 18.6 Å². The molecule has 0 amide bonds. The van der Waals surface area contributed by atoms with Crippen LogP contribution in [0.15, 0.2) is 58.7 Å². The quantitative estimate of drug-likeness (QED) is 0.594. The summed E-state index contributed by atoms with van der Waals surface area (Å²) in [6, 6.07) is 17.0. The molecule has 4 rings (SSSR count). The zero-order valence-corrected chi connectivity index (χ0v) is 17.0. The number of para-hydroxylation sites is 1. The van der Waals surface area contributed by atoms with E-state index in [0.29, 0.717) is 5.92 Å². The highest BCUT2D eigenvalue weighted by molar-refractivity contribution is 6.05. The minimum Gasteiger partial charge on any atom is -0.331 e. The van der Waals surface area contributed by atoms with Crippen molar-refractivity contribution < 1.29 is 0 Å². The molecule has 0 saturated carbocycles. The highest BCUT2D eigenvalue weighted by Crippen LogP contribution is 2.31. The van der Waals surface area contributed by atoms with Crippen LogP contribution >= 0.6 is 0 Å². The first-order valence-corrected chi connectivity index (χ1v) is 9.77. The van der Waals surface area contributed by atoms with Gasteiger partial charge in [0, 0.05) is 31.5 Å². The van der Waals surface area contributed by atoms with E-state index in [2.05, 4.69) is 77.6 Å². The Hall–Kier alpha value is -2.42. The maximum absolute atomic E-state index is 4.60. The molecule has 0 radical (unpaired) electrons. The molecule has 2 aromatic carbocycles. The third-order valence-corrected chi connectivity index (χ3v) is 4.78. The van der Waals surface area contributed by atoms with E-state index in [1.54, 1.807) is 0 Å². The molecule has 1 aliphatic heterocycles. The van der Waals surface area contributed by atoms with Crippen molar-refractivity contribution in [1.29, 1.82) is 0 Å². The Balaban J connectivity index is 0.000000570. The molecule has 1 aliphatic carbocycles. The predicted molar refractivity (Wildman–Crippen MR) is 115 cm³/mol. The maximum atomic E-state index is 4.60. The summed E-state index contributed by atoms with van der Waals surface area (Å²) >= 11 is 0. The Kier molecular flexibility index (Phi) is 7.14. The van der Waals surface area contributed by atoms with Gasteiger partial charge in [0.25, 0.3) is 0 Å². The Morgan fingerprint density at radius 3 is 2.08 bits per heavy atom. The van der Waals surface area contributed by atoms with Crippen molar-refractivity contribution in [3.05, 3.63) is 65.2 Å². The molecule has 138 valence electrons. The van der Waals surface area contributed by atoms with Gasteiger partial charge >= 0.3 is 0 Å². The summed E-state index contributed by atoms with van der Waals surface area (Å²) in [6.07, 6.45) is 1.79. The summed E-state index contributed by atoms with van der Waals surface area (Å²) in [5.74, 6) is 1.39. The largest absolute Gasteiger partial charge is 0.331 e. The van der Waals surface area contributed by atoms with Crippen molar-refractivity contribution in [2.24, 2.45) is 10.2 Å². The van der Waals surface area contributed by atoms with Crippen LogP contribution in [0.1, 0.15) is 57.2 Å². The first kappa shape index (κ1) is 19.9. The summed E-state index contributed by atoms with van der Waals surface area (Å²) in [5, 5.41) is 9.16. The van der Waals surface area contributed by atoms with E-state index in [-0.39, 0.29) is 0 Å². The molecule has 2 aromatic rings. The maximum Gasteiger partial charge on any atom is 0.136 e.